The number of rotatable bonds is 3. The maximum atomic E-state index is 13.2. The number of hydrogen-bond donors (Lipinski definition) is 0. The third-order valence-corrected chi connectivity index (χ3v) is 5.83. The van der Waals surface area contributed by atoms with Crippen LogP contribution in [0, 0.1) is 0 Å². The van der Waals surface area contributed by atoms with Gasteiger partial charge in [-0.05, 0) is 67.0 Å². The van der Waals surface area contributed by atoms with Crippen LogP contribution in [0.3, 0.4) is 0 Å². The van der Waals surface area contributed by atoms with Crippen LogP contribution in [0.15, 0.2) is 39.3 Å². The summed E-state index contributed by atoms with van der Waals surface area (Å²) in [6.07, 6.45) is 0. The van der Waals surface area contributed by atoms with Crippen molar-refractivity contribution in [2.75, 3.05) is 4.90 Å². The quantitative estimate of drug-likeness (QED) is 0.502. The van der Waals surface area contributed by atoms with E-state index in [1.807, 2.05) is 18.2 Å². The molecule has 0 bridgehead atoms. The van der Waals surface area contributed by atoms with Gasteiger partial charge >= 0.3 is 0 Å². The normalized spacial score (nSPS) is 14.0. The van der Waals surface area contributed by atoms with Crippen molar-refractivity contribution in [3.05, 3.63) is 61.5 Å². The highest BCUT2D eigenvalue weighted by Crippen LogP contribution is 2.42. The van der Waals surface area contributed by atoms with Crippen molar-refractivity contribution in [1.29, 1.82) is 0 Å². The van der Waals surface area contributed by atoms with E-state index in [1.54, 1.807) is 12.1 Å². The molecule has 25 heavy (non-hydrogen) atoms. The number of amides is 2. The highest BCUT2D eigenvalue weighted by Gasteiger charge is 2.41. The molecule has 0 N–H and O–H groups in total. The smallest absolute Gasteiger partial charge is 0.267 e. The number of imide groups is 1. The third-order valence-electron chi connectivity index (χ3n) is 4.50. The van der Waals surface area contributed by atoms with Crippen LogP contribution in [-0.4, -0.2) is 11.8 Å². The molecular weight excluding hydrogens is 446 g/mol. The highest BCUT2D eigenvalue weighted by molar-refractivity contribution is 9.11. The molecule has 0 radical (unpaired) electrons. The molecule has 2 aromatic carbocycles. The number of carbonyl (C=O) groups is 2. The molecule has 2 aromatic rings. The van der Waals surface area contributed by atoms with Gasteiger partial charge in [0.2, 0.25) is 0 Å². The minimum absolute atomic E-state index is 0.199. The summed E-state index contributed by atoms with van der Waals surface area (Å²) in [4.78, 5) is 27.7. The molecular formula is C20H19Br2NO2. The first-order valence-electron chi connectivity index (χ1n) is 8.25. The predicted octanol–water partition coefficient (Wildman–Crippen LogP) is 6.26. The Balaban J connectivity index is 2.29. The van der Waals surface area contributed by atoms with E-state index >= 15 is 0 Å². The topological polar surface area (TPSA) is 37.4 Å². The second kappa shape index (κ2) is 6.69. The second-order valence-corrected chi connectivity index (χ2v) is 8.53. The average Bonchev–Trinajstić information content (AvgIpc) is 2.82. The van der Waals surface area contributed by atoms with Gasteiger partial charge in [0, 0.05) is 8.95 Å². The van der Waals surface area contributed by atoms with Crippen molar-refractivity contribution >= 4 is 49.4 Å². The second-order valence-electron chi connectivity index (χ2n) is 6.82. The summed E-state index contributed by atoms with van der Waals surface area (Å²) in [6.45, 7) is 8.31. The first-order valence-corrected chi connectivity index (χ1v) is 9.83. The summed E-state index contributed by atoms with van der Waals surface area (Å²) in [6, 6.07) is 9.57. The zero-order valence-electron chi connectivity index (χ0n) is 14.6. The molecule has 0 saturated carbocycles. The maximum absolute atomic E-state index is 13.2. The molecule has 5 heteroatoms. The van der Waals surface area contributed by atoms with Crippen molar-refractivity contribution in [2.45, 2.75) is 39.5 Å². The average molecular weight is 465 g/mol. The standard InChI is InChI=1S/C20H19Br2NO2/c1-10(2)12-6-5-7-13(11(3)4)18(12)23-19(24)16-14(21)8-9-15(22)17(16)20(23)25/h5-11H,1-4H3. The van der Waals surface area contributed by atoms with Gasteiger partial charge in [0.05, 0.1) is 16.8 Å². The molecule has 3 rings (SSSR count). The lowest BCUT2D eigenvalue weighted by molar-refractivity contribution is 0.0925. The lowest BCUT2D eigenvalue weighted by atomic mass is 9.92. The molecule has 0 aromatic heterocycles. The fourth-order valence-corrected chi connectivity index (χ4v) is 4.26. The molecule has 130 valence electrons. The van der Waals surface area contributed by atoms with Gasteiger partial charge in [-0.2, -0.15) is 0 Å². The number of anilines is 1. The van der Waals surface area contributed by atoms with Gasteiger partial charge < -0.3 is 0 Å². The third kappa shape index (κ3) is 2.87. The molecule has 0 atom stereocenters. The van der Waals surface area contributed by atoms with Crippen molar-refractivity contribution in [2.24, 2.45) is 0 Å². The largest absolute Gasteiger partial charge is 0.268 e. The fraction of sp³-hybridized carbons (Fsp3) is 0.300. The first-order chi connectivity index (χ1) is 11.8. The summed E-state index contributed by atoms with van der Waals surface area (Å²) >= 11 is 6.85. The SMILES string of the molecule is CC(C)c1cccc(C(C)C)c1N1C(=O)c2c(Br)ccc(Br)c2C1=O. The van der Waals surface area contributed by atoms with Gasteiger partial charge in [0.15, 0.2) is 0 Å². The Bertz CT molecular complexity index is 820. The zero-order valence-corrected chi connectivity index (χ0v) is 17.7. The van der Waals surface area contributed by atoms with E-state index in [9.17, 15) is 9.59 Å². The molecule has 0 aliphatic carbocycles. The number of para-hydroxylation sites is 1. The van der Waals surface area contributed by atoms with Crippen LogP contribution < -0.4 is 4.90 Å². The number of fused-ring (bicyclic) bond motifs is 1. The molecule has 0 unspecified atom stereocenters. The van der Waals surface area contributed by atoms with Crippen LogP contribution in [-0.2, 0) is 0 Å². The lowest BCUT2D eigenvalue weighted by Gasteiger charge is -2.25. The summed E-state index contributed by atoms with van der Waals surface area (Å²) in [5.74, 6) is -0.152. The molecule has 3 nitrogen and oxygen atoms in total. The molecule has 0 saturated heterocycles. The molecule has 1 heterocycles. The summed E-state index contributed by atoms with van der Waals surface area (Å²) in [7, 11) is 0. The van der Waals surface area contributed by atoms with Gasteiger partial charge in [-0.1, -0.05) is 45.9 Å². The number of benzene rings is 2. The van der Waals surface area contributed by atoms with Crippen LogP contribution >= 0.6 is 31.9 Å². The maximum Gasteiger partial charge on any atom is 0.267 e. The van der Waals surface area contributed by atoms with Gasteiger partial charge in [0.1, 0.15) is 0 Å². The minimum Gasteiger partial charge on any atom is -0.268 e. The summed E-state index contributed by atoms with van der Waals surface area (Å²) in [5, 5.41) is 0. The first kappa shape index (κ1) is 18.3. The Morgan fingerprint density at radius 1 is 0.760 bits per heavy atom. The minimum atomic E-state index is -0.275. The summed E-state index contributed by atoms with van der Waals surface area (Å²) in [5.41, 5.74) is 3.60. The Hall–Kier alpha value is -1.46. The lowest BCUT2D eigenvalue weighted by Crippen LogP contribution is -2.32. The Morgan fingerprint density at radius 3 is 1.52 bits per heavy atom. The van der Waals surface area contributed by atoms with Crippen LogP contribution in [0.2, 0.25) is 0 Å². The predicted molar refractivity (Wildman–Crippen MR) is 108 cm³/mol. The van der Waals surface area contributed by atoms with Crippen molar-refractivity contribution in [1.82, 2.24) is 0 Å². The zero-order chi connectivity index (χ0) is 18.5. The summed E-state index contributed by atoms with van der Waals surface area (Å²) < 4.78 is 1.28. The Kier molecular flexibility index (Phi) is 4.91. The van der Waals surface area contributed by atoms with Gasteiger partial charge in [0.25, 0.3) is 11.8 Å². The van der Waals surface area contributed by atoms with Gasteiger partial charge in [-0.15, -0.1) is 0 Å². The van der Waals surface area contributed by atoms with E-state index in [-0.39, 0.29) is 23.7 Å². The molecule has 2 amide bonds. The van der Waals surface area contributed by atoms with Crippen molar-refractivity contribution < 1.29 is 9.59 Å². The van der Waals surface area contributed by atoms with E-state index in [4.69, 9.17) is 0 Å². The van der Waals surface area contributed by atoms with Gasteiger partial charge in [-0.3, -0.25) is 9.59 Å². The molecule has 0 spiro atoms. The number of halogens is 2. The van der Waals surface area contributed by atoms with Crippen LogP contribution in [0.1, 0.15) is 71.4 Å². The number of nitrogens with zero attached hydrogens (tertiary/aromatic N) is 1. The molecule has 1 aliphatic rings. The van der Waals surface area contributed by atoms with E-state index in [0.29, 0.717) is 20.1 Å². The van der Waals surface area contributed by atoms with E-state index < -0.39 is 0 Å². The van der Waals surface area contributed by atoms with E-state index in [0.717, 1.165) is 16.8 Å². The van der Waals surface area contributed by atoms with Crippen LogP contribution in [0.25, 0.3) is 0 Å². The van der Waals surface area contributed by atoms with Crippen molar-refractivity contribution in [3.8, 4) is 0 Å². The van der Waals surface area contributed by atoms with E-state index in [2.05, 4.69) is 59.6 Å². The fourth-order valence-electron chi connectivity index (χ4n) is 3.26. The highest BCUT2D eigenvalue weighted by atomic mass is 79.9. The Labute approximate surface area is 164 Å². The number of hydrogen-bond acceptors (Lipinski definition) is 2. The monoisotopic (exact) mass is 463 g/mol. The van der Waals surface area contributed by atoms with Crippen molar-refractivity contribution in [3.63, 3.8) is 0 Å². The van der Waals surface area contributed by atoms with Crippen LogP contribution in [0.4, 0.5) is 5.69 Å². The Morgan fingerprint density at radius 2 is 1.16 bits per heavy atom. The van der Waals surface area contributed by atoms with Crippen LogP contribution in [0.5, 0.6) is 0 Å². The van der Waals surface area contributed by atoms with E-state index in [1.165, 1.54) is 4.90 Å². The molecule has 0 fully saturated rings. The molecule has 1 aliphatic heterocycles. The number of carbonyl (C=O) groups excluding carboxylic acids is 2. The van der Waals surface area contributed by atoms with Gasteiger partial charge in [-0.25, -0.2) is 4.90 Å².